The van der Waals surface area contributed by atoms with E-state index in [1.807, 2.05) is 19.1 Å². The molecule has 0 saturated carbocycles. The lowest BCUT2D eigenvalue weighted by molar-refractivity contribution is 0.433. The molecule has 1 aromatic rings. The molecule has 5 nitrogen and oxygen atoms in total. The number of aryl methyl sites for hydroxylation is 2. The van der Waals surface area contributed by atoms with E-state index in [9.17, 15) is 8.42 Å². The van der Waals surface area contributed by atoms with Crippen LogP contribution in [0.2, 0.25) is 0 Å². The quantitative estimate of drug-likeness (QED) is 0.647. The van der Waals surface area contributed by atoms with Crippen molar-refractivity contribution in [1.82, 2.24) is 9.62 Å². The highest BCUT2D eigenvalue weighted by Crippen LogP contribution is 2.29. The second-order valence-electron chi connectivity index (χ2n) is 5.32. The summed E-state index contributed by atoms with van der Waals surface area (Å²) in [7, 11) is -3.49. The van der Waals surface area contributed by atoms with Crippen LogP contribution >= 0.6 is 0 Å². The first-order chi connectivity index (χ1) is 9.98. The molecule has 0 saturated heterocycles. The van der Waals surface area contributed by atoms with Crippen LogP contribution in [0.5, 0.6) is 0 Å². The molecule has 2 heterocycles. The van der Waals surface area contributed by atoms with Gasteiger partial charge in [0.25, 0.3) is 0 Å². The molecule has 1 aliphatic heterocycles. The molecule has 1 N–H and O–H groups in total. The molecule has 1 aromatic heterocycles. The summed E-state index contributed by atoms with van der Waals surface area (Å²) in [6.45, 7) is 7.98. The summed E-state index contributed by atoms with van der Waals surface area (Å²) in [5, 5.41) is 3.26. The molecule has 0 unspecified atom stereocenters. The summed E-state index contributed by atoms with van der Waals surface area (Å²) in [6.07, 6.45) is 5.69. The molecule has 0 fully saturated rings. The average Bonchev–Trinajstić information content (AvgIpc) is 2.75. The van der Waals surface area contributed by atoms with Gasteiger partial charge in [0.15, 0.2) is 0 Å². The number of nitrogens with zero attached hydrogens (tertiary/aromatic N) is 1. The zero-order valence-electron chi connectivity index (χ0n) is 13.0. The predicted octanol–water partition coefficient (Wildman–Crippen LogP) is 2.35. The second-order valence-corrected chi connectivity index (χ2v) is 7.20. The van der Waals surface area contributed by atoms with E-state index in [-0.39, 0.29) is 0 Å². The van der Waals surface area contributed by atoms with Gasteiger partial charge in [0.1, 0.15) is 16.4 Å². The third kappa shape index (κ3) is 3.39. The van der Waals surface area contributed by atoms with Crippen LogP contribution in [0.1, 0.15) is 36.8 Å². The van der Waals surface area contributed by atoms with E-state index in [1.54, 1.807) is 6.92 Å². The lowest BCUT2D eigenvalue weighted by Gasteiger charge is -2.23. The van der Waals surface area contributed by atoms with Crippen LogP contribution < -0.4 is 5.32 Å². The third-order valence-corrected chi connectivity index (χ3v) is 5.73. The molecule has 0 aliphatic carbocycles. The first kappa shape index (κ1) is 16.3. The largest absolute Gasteiger partial charge is 0.465 e. The lowest BCUT2D eigenvalue weighted by Crippen LogP contribution is -2.34. The van der Waals surface area contributed by atoms with Gasteiger partial charge < -0.3 is 9.73 Å². The second kappa shape index (κ2) is 6.77. The van der Waals surface area contributed by atoms with Crippen LogP contribution in [0, 0.1) is 13.8 Å². The summed E-state index contributed by atoms with van der Waals surface area (Å²) in [5.41, 5.74) is 0.760. The minimum absolute atomic E-state index is 0.346. The number of rotatable bonds is 6. The van der Waals surface area contributed by atoms with Gasteiger partial charge in [0.2, 0.25) is 10.0 Å². The maximum absolute atomic E-state index is 12.9. The zero-order chi connectivity index (χ0) is 15.5. The third-order valence-electron chi connectivity index (χ3n) is 3.67. The van der Waals surface area contributed by atoms with Crippen molar-refractivity contribution >= 4 is 10.0 Å². The highest BCUT2D eigenvalue weighted by atomic mass is 32.2. The molecule has 21 heavy (non-hydrogen) atoms. The van der Waals surface area contributed by atoms with Gasteiger partial charge in [-0.1, -0.05) is 19.1 Å². The molecule has 2 rings (SSSR count). The minimum Gasteiger partial charge on any atom is -0.465 e. The monoisotopic (exact) mass is 312 g/mol. The normalized spacial score (nSPS) is 16.5. The summed E-state index contributed by atoms with van der Waals surface area (Å²) in [5.74, 6) is 1.16. The van der Waals surface area contributed by atoms with E-state index >= 15 is 0 Å². The number of hydrogen-bond acceptors (Lipinski definition) is 4. The van der Waals surface area contributed by atoms with Crippen LogP contribution in [0.3, 0.4) is 0 Å². The Bertz CT molecular complexity index is 617. The smallest absolute Gasteiger partial charge is 0.247 e. The van der Waals surface area contributed by atoms with Gasteiger partial charge in [0.05, 0.1) is 0 Å². The number of hydrogen-bond donors (Lipinski definition) is 1. The van der Waals surface area contributed by atoms with Crippen LogP contribution in [0.25, 0.3) is 0 Å². The first-order valence-electron chi connectivity index (χ1n) is 7.43. The van der Waals surface area contributed by atoms with Crippen molar-refractivity contribution in [1.29, 1.82) is 0 Å². The van der Waals surface area contributed by atoms with Gasteiger partial charge in [-0.3, -0.25) is 0 Å². The van der Waals surface area contributed by atoms with Crippen molar-refractivity contribution < 1.29 is 12.8 Å². The fraction of sp³-hybridized carbons (Fsp3) is 0.600. The average molecular weight is 312 g/mol. The Morgan fingerprint density at radius 1 is 1.29 bits per heavy atom. The minimum atomic E-state index is -3.49. The fourth-order valence-electron chi connectivity index (χ4n) is 2.61. The Morgan fingerprint density at radius 3 is 2.67 bits per heavy atom. The van der Waals surface area contributed by atoms with Gasteiger partial charge in [0, 0.05) is 25.2 Å². The SMILES string of the molecule is CCCNCc1c(C)oc(C)c1S(=O)(=O)N1CC=CCC1. The van der Waals surface area contributed by atoms with Crippen LogP contribution in [-0.4, -0.2) is 32.4 Å². The number of furan rings is 1. The van der Waals surface area contributed by atoms with Gasteiger partial charge >= 0.3 is 0 Å². The molecule has 0 spiro atoms. The van der Waals surface area contributed by atoms with Crippen molar-refractivity contribution in [2.45, 2.75) is 45.1 Å². The van der Waals surface area contributed by atoms with E-state index < -0.39 is 10.0 Å². The van der Waals surface area contributed by atoms with E-state index in [0.717, 1.165) is 24.9 Å². The van der Waals surface area contributed by atoms with E-state index in [0.29, 0.717) is 36.1 Å². The Morgan fingerprint density at radius 2 is 2.05 bits per heavy atom. The molecule has 0 aromatic carbocycles. The number of sulfonamides is 1. The fourth-order valence-corrected chi connectivity index (χ4v) is 4.43. The molecule has 0 atom stereocenters. The van der Waals surface area contributed by atoms with Gasteiger partial charge in [-0.05, 0) is 33.2 Å². The molecular weight excluding hydrogens is 288 g/mol. The Kier molecular flexibility index (Phi) is 5.24. The Balaban J connectivity index is 2.35. The van der Waals surface area contributed by atoms with Crippen molar-refractivity contribution in [2.75, 3.05) is 19.6 Å². The number of nitrogens with one attached hydrogen (secondary N) is 1. The summed E-state index contributed by atoms with van der Waals surface area (Å²) >= 11 is 0. The Labute approximate surface area is 127 Å². The molecule has 0 amide bonds. The molecule has 1 aliphatic rings. The zero-order valence-corrected chi connectivity index (χ0v) is 13.8. The van der Waals surface area contributed by atoms with Gasteiger partial charge in [-0.15, -0.1) is 0 Å². The summed E-state index contributed by atoms with van der Waals surface area (Å²) < 4.78 is 32.9. The Hall–Kier alpha value is -1.11. The highest BCUT2D eigenvalue weighted by molar-refractivity contribution is 7.89. The summed E-state index contributed by atoms with van der Waals surface area (Å²) in [6, 6.07) is 0. The van der Waals surface area contributed by atoms with Gasteiger partial charge in [-0.25, -0.2) is 8.42 Å². The molecule has 6 heteroatoms. The standard InChI is InChI=1S/C15H24N2O3S/c1-4-8-16-11-14-12(2)20-13(3)15(14)21(18,19)17-9-6-5-7-10-17/h5-6,16H,4,7-11H2,1-3H3. The van der Waals surface area contributed by atoms with Crippen LogP contribution in [0.4, 0.5) is 0 Å². The van der Waals surface area contributed by atoms with Crippen molar-refractivity contribution in [3.8, 4) is 0 Å². The summed E-state index contributed by atoms with van der Waals surface area (Å²) in [4.78, 5) is 0.346. The van der Waals surface area contributed by atoms with Crippen molar-refractivity contribution in [3.63, 3.8) is 0 Å². The van der Waals surface area contributed by atoms with Crippen LogP contribution in [-0.2, 0) is 16.6 Å². The predicted molar refractivity (Wildman–Crippen MR) is 82.7 cm³/mol. The first-order valence-corrected chi connectivity index (χ1v) is 8.87. The highest BCUT2D eigenvalue weighted by Gasteiger charge is 2.32. The lowest BCUT2D eigenvalue weighted by atomic mass is 10.2. The molecule has 0 radical (unpaired) electrons. The van der Waals surface area contributed by atoms with Crippen LogP contribution in [0.15, 0.2) is 21.5 Å². The van der Waals surface area contributed by atoms with Crippen molar-refractivity contribution in [2.24, 2.45) is 0 Å². The topological polar surface area (TPSA) is 62.6 Å². The van der Waals surface area contributed by atoms with E-state index in [2.05, 4.69) is 12.2 Å². The maximum Gasteiger partial charge on any atom is 0.247 e. The molecular formula is C15H24N2O3S. The molecule has 0 bridgehead atoms. The van der Waals surface area contributed by atoms with Crippen molar-refractivity contribution in [3.05, 3.63) is 29.2 Å². The van der Waals surface area contributed by atoms with E-state index in [4.69, 9.17) is 4.42 Å². The molecule has 118 valence electrons. The van der Waals surface area contributed by atoms with Gasteiger partial charge in [-0.2, -0.15) is 4.31 Å². The van der Waals surface area contributed by atoms with E-state index in [1.165, 1.54) is 4.31 Å². The maximum atomic E-state index is 12.9.